The van der Waals surface area contributed by atoms with Gasteiger partial charge in [-0.3, -0.25) is 18.4 Å². The van der Waals surface area contributed by atoms with E-state index in [2.05, 4.69) is 31.2 Å². The van der Waals surface area contributed by atoms with E-state index < -0.39 is 5.97 Å². The van der Waals surface area contributed by atoms with Crippen LogP contribution in [0.3, 0.4) is 0 Å². The number of aromatic nitrogens is 4. The van der Waals surface area contributed by atoms with Gasteiger partial charge in [-0.1, -0.05) is 12.1 Å². The first kappa shape index (κ1) is 36.4. The summed E-state index contributed by atoms with van der Waals surface area (Å²) in [5, 5.41) is 21.4. The topological polar surface area (TPSA) is 180 Å². The summed E-state index contributed by atoms with van der Waals surface area (Å²) in [6.45, 7) is 1.09. The van der Waals surface area contributed by atoms with Crippen LogP contribution in [0.15, 0.2) is 134 Å². The lowest BCUT2D eigenvalue weighted by molar-refractivity contribution is 0.0599. The SMILES string of the molecule is COC(=O)c1ccc(Nc2ccc(-c3ccc4c(c3)CNC4=O)n3ccnc23)cc1.O=C(O)c1ccc(Nc2ccc(-c3ccc4c(c3)CNC4=O)n3ccnc23)cc1. The second kappa shape index (κ2) is 15.0. The zero-order valence-electron chi connectivity index (χ0n) is 31.4. The fourth-order valence-electron chi connectivity index (χ4n) is 7.29. The number of carboxylic acid groups (broad SMARTS) is 1. The summed E-state index contributed by atoms with van der Waals surface area (Å²) in [6, 6.07) is 33.3. The van der Waals surface area contributed by atoms with Crippen molar-refractivity contribution < 1.29 is 29.0 Å². The molecule has 14 heteroatoms. The van der Waals surface area contributed by atoms with Crippen LogP contribution in [-0.2, 0) is 17.8 Å². The molecule has 4 aromatic carbocycles. The number of esters is 1. The van der Waals surface area contributed by atoms with Crippen LogP contribution in [0, 0.1) is 0 Å². The van der Waals surface area contributed by atoms with E-state index >= 15 is 0 Å². The maximum Gasteiger partial charge on any atom is 0.337 e. The normalized spacial score (nSPS) is 12.6. The van der Waals surface area contributed by atoms with Crippen molar-refractivity contribution in [2.75, 3.05) is 17.7 Å². The van der Waals surface area contributed by atoms with E-state index in [0.717, 1.165) is 78.8 Å². The second-order valence-corrected chi connectivity index (χ2v) is 13.8. The zero-order valence-corrected chi connectivity index (χ0v) is 31.4. The van der Waals surface area contributed by atoms with Crippen LogP contribution in [0.4, 0.5) is 22.7 Å². The van der Waals surface area contributed by atoms with Crippen molar-refractivity contribution in [3.8, 4) is 22.5 Å². The second-order valence-electron chi connectivity index (χ2n) is 13.8. The van der Waals surface area contributed by atoms with Gasteiger partial charge >= 0.3 is 11.9 Å². The molecule has 59 heavy (non-hydrogen) atoms. The zero-order chi connectivity index (χ0) is 40.6. The van der Waals surface area contributed by atoms with E-state index in [1.807, 2.05) is 94.0 Å². The molecule has 8 aromatic rings. The molecule has 290 valence electrons. The molecule has 10 rings (SSSR count). The van der Waals surface area contributed by atoms with Gasteiger partial charge in [0.15, 0.2) is 11.3 Å². The Morgan fingerprint density at radius 1 is 0.627 bits per heavy atom. The first-order chi connectivity index (χ1) is 28.7. The molecule has 2 aliphatic rings. The van der Waals surface area contributed by atoms with Gasteiger partial charge in [-0.15, -0.1) is 0 Å². The van der Waals surface area contributed by atoms with Gasteiger partial charge in [-0.25, -0.2) is 19.6 Å². The average molecular weight is 783 g/mol. The maximum atomic E-state index is 11.8. The van der Waals surface area contributed by atoms with Gasteiger partial charge in [-0.05, 0) is 119 Å². The van der Waals surface area contributed by atoms with Crippen LogP contribution in [0.25, 0.3) is 33.8 Å². The highest BCUT2D eigenvalue weighted by molar-refractivity contribution is 5.99. The number of carboxylic acids is 1. The molecule has 6 heterocycles. The highest BCUT2D eigenvalue weighted by atomic mass is 16.5. The lowest BCUT2D eigenvalue weighted by atomic mass is 10.0. The minimum Gasteiger partial charge on any atom is -0.478 e. The Balaban J connectivity index is 0.000000152. The summed E-state index contributed by atoms with van der Waals surface area (Å²) in [7, 11) is 1.36. The van der Waals surface area contributed by atoms with E-state index in [1.165, 1.54) is 7.11 Å². The van der Waals surface area contributed by atoms with E-state index in [0.29, 0.717) is 18.7 Å². The van der Waals surface area contributed by atoms with Crippen molar-refractivity contribution in [2.45, 2.75) is 13.1 Å². The largest absolute Gasteiger partial charge is 0.478 e. The highest BCUT2D eigenvalue weighted by Gasteiger charge is 2.21. The molecule has 2 amide bonds. The first-order valence-electron chi connectivity index (χ1n) is 18.5. The number of nitrogens with zero attached hydrogens (tertiary/aromatic N) is 4. The van der Waals surface area contributed by atoms with Crippen LogP contribution in [0.2, 0.25) is 0 Å². The Kier molecular flexibility index (Phi) is 9.25. The van der Waals surface area contributed by atoms with Crippen molar-refractivity contribution >= 4 is 57.8 Å². The van der Waals surface area contributed by atoms with Crippen LogP contribution in [-0.4, -0.2) is 54.7 Å². The Labute approximate surface area is 336 Å². The molecular formula is C45H34N8O6. The number of pyridine rings is 2. The quantitative estimate of drug-likeness (QED) is 0.0972. The summed E-state index contributed by atoms with van der Waals surface area (Å²) >= 11 is 0. The fraction of sp³-hybridized carbons (Fsp3) is 0.0667. The van der Waals surface area contributed by atoms with E-state index in [1.54, 1.807) is 48.8 Å². The summed E-state index contributed by atoms with van der Waals surface area (Å²) in [5.41, 5.74) is 12.9. The lowest BCUT2D eigenvalue weighted by Crippen LogP contribution is -2.12. The minimum absolute atomic E-state index is 0.0258. The Hall–Kier alpha value is -8.26. The molecule has 0 bridgehead atoms. The molecule has 0 aliphatic carbocycles. The maximum absolute atomic E-state index is 11.8. The Morgan fingerprint density at radius 3 is 1.53 bits per heavy atom. The monoisotopic (exact) mass is 782 g/mol. The molecule has 0 radical (unpaired) electrons. The van der Waals surface area contributed by atoms with Gasteiger partial charge in [0.25, 0.3) is 11.8 Å². The molecule has 0 atom stereocenters. The third-order valence-electron chi connectivity index (χ3n) is 10.3. The smallest absolute Gasteiger partial charge is 0.337 e. The van der Waals surface area contributed by atoms with Crippen molar-refractivity contribution in [3.05, 3.63) is 167 Å². The van der Waals surface area contributed by atoms with E-state index in [4.69, 9.17) is 9.84 Å². The van der Waals surface area contributed by atoms with Crippen LogP contribution >= 0.6 is 0 Å². The number of methoxy groups -OCH3 is 1. The Morgan fingerprint density at radius 2 is 1.08 bits per heavy atom. The number of rotatable bonds is 8. The summed E-state index contributed by atoms with van der Waals surface area (Å²) in [4.78, 5) is 55.2. The van der Waals surface area contributed by atoms with E-state index in [9.17, 15) is 19.2 Å². The molecule has 14 nitrogen and oxygen atoms in total. The lowest BCUT2D eigenvalue weighted by Gasteiger charge is -2.12. The van der Waals surface area contributed by atoms with Crippen molar-refractivity contribution in [2.24, 2.45) is 0 Å². The predicted octanol–water partition coefficient (Wildman–Crippen LogP) is 7.46. The standard InChI is InChI=1S/C23H18N4O3.C22H16N4O3/c1-30-23(29)14-2-5-17(6-3-14)26-19-8-9-20(27-11-10-24-21(19)27)15-4-7-18-16(12-15)13-25-22(18)28;27-21-17-6-3-14(11-15(17)12-24-21)19-8-7-18(20-23-9-10-26(19)20)25-16-4-1-13(2-5-16)22(28)29/h2-12,26H,13H2,1H3,(H,25,28);1-11,25H,12H2,(H,24,27)(H,28,29). The number of aromatic carboxylic acids is 1. The third-order valence-corrected chi connectivity index (χ3v) is 10.3. The summed E-state index contributed by atoms with van der Waals surface area (Å²) < 4.78 is 8.73. The number of carbonyl (C=O) groups excluding carboxylic acids is 3. The van der Waals surface area contributed by atoms with Crippen LogP contribution in [0.1, 0.15) is 52.6 Å². The molecule has 0 saturated heterocycles. The van der Waals surface area contributed by atoms with Gasteiger partial charge in [0.05, 0.1) is 41.0 Å². The van der Waals surface area contributed by atoms with Gasteiger partial charge in [0.2, 0.25) is 0 Å². The third kappa shape index (κ3) is 6.95. The number of fused-ring (bicyclic) bond motifs is 4. The van der Waals surface area contributed by atoms with Gasteiger partial charge in [0, 0.05) is 60.4 Å². The van der Waals surface area contributed by atoms with Gasteiger partial charge in [-0.2, -0.15) is 0 Å². The Bertz CT molecular complexity index is 2970. The van der Waals surface area contributed by atoms with Crippen LogP contribution < -0.4 is 21.3 Å². The molecular weight excluding hydrogens is 749 g/mol. The molecule has 0 unspecified atom stereocenters. The molecule has 0 saturated carbocycles. The number of imidazole rings is 2. The summed E-state index contributed by atoms with van der Waals surface area (Å²) in [6.07, 6.45) is 7.28. The van der Waals surface area contributed by atoms with Gasteiger partial charge in [0.1, 0.15) is 0 Å². The predicted molar refractivity (Wildman–Crippen MR) is 221 cm³/mol. The number of ether oxygens (including phenoxy) is 1. The van der Waals surface area contributed by atoms with E-state index in [-0.39, 0.29) is 23.3 Å². The van der Waals surface area contributed by atoms with Gasteiger partial charge < -0.3 is 31.1 Å². The van der Waals surface area contributed by atoms with Crippen LogP contribution in [0.5, 0.6) is 0 Å². The molecule has 0 fully saturated rings. The number of hydrogen-bond acceptors (Lipinski definition) is 9. The average Bonchev–Trinajstić information content (AvgIpc) is 4.09. The fourth-order valence-corrected chi connectivity index (χ4v) is 7.29. The number of nitrogens with one attached hydrogen (secondary N) is 4. The first-order valence-corrected chi connectivity index (χ1v) is 18.5. The summed E-state index contributed by atoms with van der Waals surface area (Å²) in [5.74, 6) is -1.38. The molecule has 4 aromatic heterocycles. The van der Waals surface area contributed by atoms with Crippen molar-refractivity contribution in [1.29, 1.82) is 0 Å². The number of anilines is 4. The minimum atomic E-state index is -0.956. The number of benzene rings is 4. The molecule has 5 N–H and O–H groups in total. The highest BCUT2D eigenvalue weighted by Crippen LogP contribution is 2.32. The van der Waals surface area contributed by atoms with Crippen molar-refractivity contribution in [3.63, 3.8) is 0 Å². The number of carbonyl (C=O) groups is 4. The molecule has 0 spiro atoms. The number of amides is 2. The number of hydrogen-bond donors (Lipinski definition) is 5. The molecule has 2 aliphatic heterocycles. The van der Waals surface area contributed by atoms with Crippen molar-refractivity contribution in [1.82, 2.24) is 29.4 Å².